The van der Waals surface area contributed by atoms with Crippen LogP contribution < -0.4 is 5.32 Å². The van der Waals surface area contributed by atoms with Crippen LogP contribution >= 0.6 is 0 Å². The summed E-state index contributed by atoms with van der Waals surface area (Å²) in [5.41, 5.74) is 0.955. The molecular formula is C16H26N2O6. The third kappa shape index (κ3) is 3.88. The molecular weight excluding hydrogens is 316 g/mol. The lowest BCUT2D eigenvalue weighted by Crippen LogP contribution is -2.54. The van der Waals surface area contributed by atoms with E-state index in [2.05, 4.69) is 5.32 Å². The van der Waals surface area contributed by atoms with Gasteiger partial charge in [-0.15, -0.1) is 0 Å². The van der Waals surface area contributed by atoms with Crippen LogP contribution in [0.25, 0.3) is 0 Å². The first-order valence-electron chi connectivity index (χ1n) is 8.26. The predicted octanol–water partition coefficient (Wildman–Crippen LogP) is 0.748. The number of hydrogen-bond acceptors (Lipinski definition) is 6. The molecule has 8 heteroatoms. The monoisotopic (exact) mass is 342 g/mol. The van der Waals surface area contributed by atoms with Gasteiger partial charge in [-0.25, -0.2) is 9.59 Å². The standard InChI is InChI=1S/C16H26N2O6/c1-5-11-13(20)14(23-8-12(19)22-6-2)15(24-11)18-7-9(3)10(4)17-16(18)21/h7,10-11,13-15,20H,5-6,8H2,1-4H3,(H,17,21)/t10?,11-,13?,14+,15-/m1/s1. The van der Waals surface area contributed by atoms with Crippen LogP contribution in [0.5, 0.6) is 0 Å². The van der Waals surface area contributed by atoms with E-state index in [1.807, 2.05) is 20.8 Å². The molecule has 0 aromatic rings. The zero-order valence-corrected chi connectivity index (χ0v) is 14.5. The minimum Gasteiger partial charge on any atom is -0.464 e. The summed E-state index contributed by atoms with van der Waals surface area (Å²) >= 11 is 0. The fourth-order valence-corrected chi connectivity index (χ4v) is 2.78. The quantitative estimate of drug-likeness (QED) is 0.691. The second-order valence-electron chi connectivity index (χ2n) is 6.00. The van der Waals surface area contributed by atoms with E-state index >= 15 is 0 Å². The van der Waals surface area contributed by atoms with Crippen molar-refractivity contribution in [2.75, 3.05) is 13.2 Å². The van der Waals surface area contributed by atoms with Gasteiger partial charge in [-0.2, -0.15) is 0 Å². The Morgan fingerprint density at radius 3 is 2.79 bits per heavy atom. The van der Waals surface area contributed by atoms with Crippen LogP contribution in [0.2, 0.25) is 0 Å². The number of aliphatic hydroxyl groups excluding tert-OH is 1. The first kappa shape index (κ1) is 18.7. The number of urea groups is 1. The van der Waals surface area contributed by atoms with Crippen LogP contribution in [0.1, 0.15) is 34.1 Å². The number of rotatable bonds is 6. The highest BCUT2D eigenvalue weighted by atomic mass is 16.6. The number of nitrogens with one attached hydrogen (secondary N) is 1. The SMILES string of the molecule is CCOC(=O)CO[C@H]1C(O)[C@@H](CC)O[C@H]1N1C=C(C)C(C)NC1=O. The summed E-state index contributed by atoms with van der Waals surface area (Å²) in [5, 5.41) is 13.2. The molecule has 1 saturated heterocycles. The molecule has 24 heavy (non-hydrogen) atoms. The van der Waals surface area contributed by atoms with Gasteiger partial charge in [0.15, 0.2) is 6.23 Å². The highest BCUT2D eigenvalue weighted by Crippen LogP contribution is 2.30. The second kappa shape index (κ2) is 7.96. The minimum atomic E-state index is -0.935. The largest absolute Gasteiger partial charge is 0.464 e. The second-order valence-corrected chi connectivity index (χ2v) is 6.00. The Balaban J connectivity index is 2.15. The van der Waals surface area contributed by atoms with Gasteiger partial charge < -0.3 is 24.6 Å². The summed E-state index contributed by atoms with van der Waals surface area (Å²) in [4.78, 5) is 25.2. The molecule has 136 valence electrons. The van der Waals surface area contributed by atoms with E-state index in [1.165, 1.54) is 4.90 Å². The van der Waals surface area contributed by atoms with Gasteiger partial charge >= 0.3 is 12.0 Å². The molecule has 0 radical (unpaired) electrons. The Morgan fingerprint density at radius 1 is 1.46 bits per heavy atom. The number of carbonyl (C=O) groups is 2. The summed E-state index contributed by atoms with van der Waals surface area (Å²) < 4.78 is 16.2. The minimum absolute atomic E-state index is 0.0686. The lowest BCUT2D eigenvalue weighted by molar-refractivity contribution is -0.155. The van der Waals surface area contributed by atoms with Gasteiger partial charge in [-0.05, 0) is 32.8 Å². The number of carbonyl (C=O) groups excluding carboxylic acids is 2. The molecule has 1 fully saturated rings. The van der Waals surface area contributed by atoms with E-state index in [1.54, 1.807) is 13.1 Å². The summed E-state index contributed by atoms with van der Waals surface area (Å²) in [6, 6.07) is -0.396. The molecule has 0 saturated carbocycles. The fraction of sp³-hybridized carbons (Fsp3) is 0.750. The van der Waals surface area contributed by atoms with Crippen molar-refractivity contribution < 1.29 is 28.9 Å². The molecule has 8 nitrogen and oxygen atoms in total. The van der Waals surface area contributed by atoms with Crippen molar-refractivity contribution in [2.24, 2.45) is 0 Å². The summed E-state index contributed by atoms with van der Waals surface area (Å²) in [7, 11) is 0. The summed E-state index contributed by atoms with van der Waals surface area (Å²) in [5.74, 6) is -0.521. The van der Waals surface area contributed by atoms with Gasteiger partial charge in [0.25, 0.3) is 0 Å². The zero-order chi connectivity index (χ0) is 17.9. The van der Waals surface area contributed by atoms with Crippen molar-refractivity contribution in [3.05, 3.63) is 11.8 Å². The lowest BCUT2D eigenvalue weighted by Gasteiger charge is -2.34. The van der Waals surface area contributed by atoms with Crippen molar-refractivity contribution in [3.63, 3.8) is 0 Å². The van der Waals surface area contributed by atoms with Crippen LogP contribution in [0.15, 0.2) is 11.8 Å². The van der Waals surface area contributed by atoms with Crippen molar-refractivity contribution in [2.45, 2.75) is 64.7 Å². The zero-order valence-electron chi connectivity index (χ0n) is 14.5. The van der Waals surface area contributed by atoms with Gasteiger partial charge in [0.05, 0.1) is 18.8 Å². The van der Waals surface area contributed by atoms with Crippen LogP contribution in [0.3, 0.4) is 0 Å². The van der Waals surface area contributed by atoms with Crippen LogP contribution in [0, 0.1) is 0 Å². The number of hydrogen-bond donors (Lipinski definition) is 2. The van der Waals surface area contributed by atoms with E-state index < -0.39 is 30.5 Å². The number of aliphatic hydroxyl groups is 1. The van der Waals surface area contributed by atoms with E-state index in [0.717, 1.165) is 5.57 Å². The molecule has 0 spiro atoms. The molecule has 2 aliphatic heterocycles. The van der Waals surface area contributed by atoms with Gasteiger partial charge in [-0.3, -0.25) is 4.90 Å². The molecule has 2 N–H and O–H groups in total. The van der Waals surface area contributed by atoms with Crippen molar-refractivity contribution in [3.8, 4) is 0 Å². The Bertz CT molecular complexity index is 509. The van der Waals surface area contributed by atoms with E-state index in [-0.39, 0.29) is 25.3 Å². The number of amides is 2. The van der Waals surface area contributed by atoms with Crippen molar-refractivity contribution in [1.29, 1.82) is 0 Å². The predicted molar refractivity (Wildman–Crippen MR) is 84.9 cm³/mol. The third-order valence-corrected chi connectivity index (χ3v) is 4.29. The molecule has 2 rings (SSSR count). The first-order chi connectivity index (χ1) is 11.4. The highest BCUT2D eigenvalue weighted by Gasteiger charge is 2.48. The molecule has 2 unspecified atom stereocenters. The number of esters is 1. The maximum atomic E-state index is 12.3. The van der Waals surface area contributed by atoms with E-state index in [4.69, 9.17) is 14.2 Å². The van der Waals surface area contributed by atoms with E-state index in [0.29, 0.717) is 6.42 Å². The first-order valence-corrected chi connectivity index (χ1v) is 8.26. The van der Waals surface area contributed by atoms with Crippen molar-refractivity contribution in [1.82, 2.24) is 10.2 Å². The van der Waals surface area contributed by atoms with Gasteiger partial charge in [0, 0.05) is 6.20 Å². The molecule has 0 bridgehead atoms. The van der Waals surface area contributed by atoms with Crippen LogP contribution in [0.4, 0.5) is 4.79 Å². The fourth-order valence-electron chi connectivity index (χ4n) is 2.78. The number of nitrogens with zero attached hydrogens (tertiary/aromatic N) is 1. The third-order valence-electron chi connectivity index (χ3n) is 4.29. The Morgan fingerprint density at radius 2 is 2.17 bits per heavy atom. The summed E-state index contributed by atoms with van der Waals surface area (Å²) in [6.45, 7) is 7.30. The Kier molecular flexibility index (Phi) is 6.20. The maximum Gasteiger partial charge on any atom is 0.332 e. The van der Waals surface area contributed by atoms with Gasteiger partial charge in [-0.1, -0.05) is 6.92 Å². The molecule has 5 atom stereocenters. The van der Waals surface area contributed by atoms with Crippen LogP contribution in [-0.2, 0) is 19.0 Å². The number of ether oxygens (including phenoxy) is 3. The Labute approximate surface area is 141 Å². The van der Waals surface area contributed by atoms with Crippen LogP contribution in [-0.4, -0.2) is 65.8 Å². The summed E-state index contributed by atoms with van der Waals surface area (Å²) in [6.07, 6.45) is -0.784. The molecule has 2 amide bonds. The van der Waals surface area contributed by atoms with E-state index in [9.17, 15) is 14.7 Å². The topological polar surface area (TPSA) is 97.3 Å². The lowest BCUT2D eigenvalue weighted by atomic mass is 10.1. The molecule has 0 aliphatic carbocycles. The van der Waals surface area contributed by atoms with Gasteiger partial charge in [0.1, 0.15) is 18.8 Å². The molecule has 2 aliphatic rings. The Hall–Kier alpha value is -1.64. The van der Waals surface area contributed by atoms with Gasteiger partial charge in [0.2, 0.25) is 0 Å². The average molecular weight is 342 g/mol. The van der Waals surface area contributed by atoms with Crippen molar-refractivity contribution >= 4 is 12.0 Å². The normalized spacial score (nSPS) is 33.2. The molecule has 0 aromatic heterocycles. The highest BCUT2D eigenvalue weighted by molar-refractivity contribution is 5.78. The average Bonchev–Trinajstić information content (AvgIpc) is 2.85. The molecule has 0 aromatic carbocycles. The maximum absolute atomic E-state index is 12.3. The smallest absolute Gasteiger partial charge is 0.332 e. The molecule has 2 heterocycles.